The molecule has 0 amide bonds. The molecule has 1 aliphatic rings. The van der Waals surface area contributed by atoms with E-state index < -0.39 is 0 Å². The number of Topliss-reactive ketones (excluding diaryl/α,β-unsaturated/α-hetero) is 1. The smallest absolute Gasteiger partial charge is 0.174 e. The van der Waals surface area contributed by atoms with Gasteiger partial charge in [-0.25, -0.2) is 4.39 Å². The second kappa shape index (κ2) is 5.68. The zero-order chi connectivity index (χ0) is 15.0. The Bertz CT molecular complexity index is 688. The molecule has 0 saturated heterocycles. The van der Waals surface area contributed by atoms with Crippen molar-refractivity contribution in [2.24, 2.45) is 0 Å². The van der Waals surface area contributed by atoms with Crippen LogP contribution in [0.4, 0.5) is 4.39 Å². The van der Waals surface area contributed by atoms with Crippen LogP contribution in [0.15, 0.2) is 35.2 Å². The molecule has 0 bridgehead atoms. The number of aryl methyl sites for hydroxylation is 1. The minimum Gasteiger partial charge on any atom is -0.345 e. The van der Waals surface area contributed by atoms with Crippen LogP contribution in [0.1, 0.15) is 40.6 Å². The van der Waals surface area contributed by atoms with E-state index in [2.05, 4.69) is 4.57 Å². The lowest BCUT2D eigenvalue weighted by atomic mass is 10.2. The molecule has 0 N–H and O–H groups in total. The number of ketones is 1. The van der Waals surface area contributed by atoms with Gasteiger partial charge in [0.1, 0.15) is 5.82 Å². The van der Waals surface area contributed by atoms with E-state index in [1.165, 1.54) is 30.7 Å². The Morgan fingerprint density at radius 2 is 2.05 bits per heavy atom. The Morgan fingerprint density at radius 1 is 1.33 bits per heavy atom. The first-order valence-corrected chi connectivity index (χ1v) is 8.15. The van der Waals surface area contributed by atoms with Crippen molar-refractivity contribution in [3.8, 4) is 0 Å². The van der Waals surface area contributed by atoms with Gasteiger partial charge in [0.15, 0.2) is 5.78 Å². The fourth-order valence-electron chi connectivity index (χ4n) is 2.74. The van der Waals surface area contributed by atoms with E-state index >= 15 is 0 Å². The third-order valence-electron chi connectivity index (χ3n) is 3.89. The number of nitrogens with zero attached hydrogens (tertiary/aromatic N) is 1. The molecule has 4 heteroatoms. The van der Waals surface area contributed by atoms with Gasteiger partial charge in [-0.15, -0.1) is 11.8 Å². The van der Waals surface area contributed by atoms with Gasteiger partial charge in [-0.05, 0) is 44.9 Å². The average molecular weight is 303 g/mol. The number of hydrogen-bond acceptors (Lipinski definition) is 2. The van der Waals surface area contributed by atoms with Gasteiger partial charge in [0.05, 0.1) is 5.75 Å². The van der Waals surface area contributed by atoms with Gasteiger partial charge in [0.25, 0.3) is 0 Å². The Balaban J connectivity index is 1.74. The highest BCUT2D eigenvalue weighted by Crippen LogP contribution is 2.38. The fourth-order valence-corrected chi connectivity index (χ4v) is 3.56. The first kappa shape index (κ1) is 14.4. The molecular formula is C17H18FNOS. The fraction of sp³-hybridized carbons (Fsp3) is 0.353. The molecule has 0 atom stereocenters. The molecule has 21 heavy (non-hydrogen) atoms. The van der Waals surface area contributed by atoms with Gasteiger partial charge >= 0.3 is 0 Å². The van der Waals surface area contributed by atoms with Crippen molar-refractivity contribution in [2.75, 3.05) is 5.75 Å². The average Bonchev–Trinajstić information content (AvgIpc) is 3.24. The Kier molecular flexibility index (Phi) is 3.89. The van der Waals surface area contributed by atoms with Crippen LogP contribution in [0.2, 0.25) is 0 Å². The zero-order valence-corrected chi connectivity index (χ0v) is 13.0. The lowest BCUT2D eigenvalue weighted by molar-refractivity contribution is 0.102. The van der Waals surface area contributed by atoms with E-state index in [4.69, 9.17) is 0 Å². The molecule has 110 valence electrons. The topological polar surface area (TPSA) is 22.0 Å². The summed E-state index contributed by atoms with van der Waals surface area (Å²) in [5.74, 6) is 0.0811. The lowest BCUT2D eigenvalue weighted by Gasteiger charge is -2.07. The number of benzene rings is 1. The van der Waals surface area contributed by atoms with Crippen LogP contribution < -0.4 is 0 Å². The summed E-state index contributed by atoms with van der Waals surface area (Å²) in [5.41, 5.74) is 2.98. The van der Waals surface area contributed by atoms with Crippen LogP contribution in [0.25, 0.3) is 0 Å². The summed E-state index contributed by atoms with van der Waals surface area (Å²) in [5, 5.41) is 0. The maximum absolute atomic E-state index is 13.6. The van der Waals surface area contributed by atoms with Crippen molar-refractivity contribution in [1.29, 1.82) is 0 Å². The van der Waals surface area contributed by atoms with Crippen molar-refractivity contribution in [1.82, 2.24) is 4.57 Å². The minimum absolute atomic E-state index is 0.0725. The Morgan fingerprint density at radius 3 is 2.71 bits per heavy atom. The summed E-state index contributed by atoms with van der Waals surface area (Å²) in [6, 6.07) is 9.12. The molecule has 0 spiro atoms. The van der Waals surface area contributed by atoms with Crippen molar-refractivity contribution < 1.29 is 9.18 Å². The predicted molar refractivity (Wildman–Crippen MR) is 83.6 cm³/mol. The largest absolute Gasteiger partial charge is 0.345 e. The zero-order valence-electron chi connectivity index (χ0n) is 12.2. The predicted octanol–water partition coefficient (Wildman–Crippen LogP) is 4.55. The van der Waals surface area contributed by atoms with Crippen LogP contribution in [0.3, 0.4) is 0 Å². The first-order valence-electron chi connectivity index (χ1n) is 7.17. The van der Waals surface area contributed by atoms with Crippen LogP contribution in [-0.4, -0.2) is 16.1 Å². The molecule has 1 heterocycles. The minimum atomic E-state index is -0.265. The number of aromatic nitrogens is 1. The number of hydrogen-bond donors (Lipinski definition) is 0. The second-order valence-electron chi connectivity index (χ2n) is 5.53. The monoisotopic (exact) mass is 303 g/mol. The summed E-state index contributed by atoms with van der Waals surface area (Å²) in [6.45, 7) is 4.05. The SMILES string of the molecule is Cc1cc(C(=O)CSc2ccccc2F)c(C)n1C1CC1. The highest BCUT2D eigenvalue weighted by atomic mass is 32.2. The highest BCUT2D eigenvalue weighted by Gasteiger charge is 2.28. The molecule has 1 aliphatic carbocycles. The molecule has 0 aliphatic heterocycles. The Hall–Kier alpha value is -1.55. The standard InChI is InChI=1S/C17H18FNOS/c1-11-9-14(12(2)19(11)13-7-8-13)16(20)10-21-17-6-4-3-5-15(17)18/h3-6,9,13H,7-8,10H2,1-2H3. The maximum atomic E-state index is 13.6. The van der Waals surface area contributed by atoms with E-state index in [9.17, 15) is 9.18 Å². The molecular weight excluding hydrogens is 285 g/mol. The molecule has 1 aromatic heterocycles. The van der Waals surface area contributed by atoms with Gasteiger partial charge in [-0.3, -0.25) is 4.79 Å². The van der Waals surface area contributed by atoms with Crippen LogP contribution in [-0.2, 0) is 0 Å². The van der Waals surface area contributed by atoms with Gasteiger partial charge in [-0.2, -0.15) is 0 Å². The van der Waals surface area contributed by atoms with Crippen molar-refractivity contribution in [3.05, 3.63) is 53.1 Å². The normalized spacial score (nSPS) is 14.4. The molecule has 0 unspecified atom stereocenters. The maximum Gasteiger partial charge on any atom is 0.174 e. The van der Waals surface area contributed by atoms with E-state index in [0.29, 0.717) is 10.9 Å². The van der Waals surface area contributed by atoms with E-state index in [1.807, 2.05) is 19.9 Å². The number of thioether (sulfide) groups is 1. The van der Waals surface area contributed by atoms with Gasteiger partial charge in [0, 0.05) is 27.9 Å². The highest BCUT2D eigenvalue weighted by molar-refractivity contribution is 8.00. The lowest BCUT2D eigenvalue weighted by Crippen LogP contribution is -2.06. The van der Waals surface area contributed by atoms with Crippen molar-refractivity contribution >= 4 is 17.5 Å². The number of rotatable bonds is 5. The van der Waals surface area contributed by atoms with E-state index in [-0.39, 0.29) is 17.4 Å². The number of carbonyl (C=O) groups is 1. The van der Waals surface area contributed by atoms with E-state index in [1.54, 1.807) is 18.2 Å². The molecule has 1 saturated carbocycles. The van der Waals surface area contributed by atoms with Crippen molar-refractivity contribution in [2.45, 2.75) is 37.6 Å². The summed E-state index contributed by atoms with van der Waals surface area (Å²) in [6.07, 6.45) is 2.40. The molecule has 2 aromatic rings. The van der Waals surface area contributed by atoms with Crippen LogP contribution in [0, 0.1) is 19.7 Å². The van der Waals surface area contributed by atoms with E-state index in [0.717, 1.165) is 17.0 Å². The molecule has 3 rings (SSSR count). The number of carbonyl (C=O) groups excluding carboxylic acids is 1. The van der Waals surface area contributed by atoms with Gasteiger partial charge < -0.3 is 4.57 Å². The molecule has 1 aromatic carbocycles. The summed E-state index contributed by atoms with van der Waals surface area (Å²) < 4.78 is 15.8. The molecule has 1 fully saturated rings. The quantitative estimate of drug-likeness (QED) is 0.597. The van der Waals surface area contributed by atoms with Crippen LogP contribution in [0.5, 0.6) is 0 Å². The first-order chi connectivity index (χ1) is 10.1. The number of halogens is 1. The second-order valence-corrected chi connectivity index (χ2v) is 6.55. The third kappa shape index (κ3) is 2.91. The molecule has 2 nitrogen and oxygen atoms in total. The van der Waals surface area contributed by atoms with Crippen molar-refractivity contribution in [3.63, 3.8) is 0 Å². The summed E-state index contributed by atoms with van der Waals surface area (Å²) >= 11 is 1.26. The summed E-state index contributed by atoms with van der Waals surface area (Å²) in [7, 11) is 0. The summed E-state index contributed by atoms with van der Waals surface area (Å²) in [4.78, 5) is 12.9. The molecule has 0 radical (unpaired) electrons. The van der Waals surface area contributed by atoms with Gasteiger partial charge in [-0.1, -0.05) is 12.1 Å². The third-order valence-corrected chi connectivity index (χ3v) is 4.94. The van der Waals surface area contributed by atoms with Crippen LogP contribution >= 0.6 is 11.8 Å². The Labute approximate surface area is 128 Å². The van der Waals surface area contributed by atoms with Gasteiger partial charge in [0.2, 0.25) is 0 Å².